The Labute approximate surface area is 412 Å². The van der Waals surface area contributed by atoms with Crippen molar-refractivity contribution in [1.82, 2.24) is 0 Å². The first-order valence-electron chi connectivity index (χ1n) is 25.2. The van der Waals surface area contributed by atoms with Gasteiger partial charge in [-0.3, -0.25) is 0 Å². The van der Waals surface area contributed by atoms with Gasteiger partial charge in [0.15, 0.2) is 0 Å². The van der Waals surface area contributed by atoms with E-state index in [1.807, 2.05) is 0 Å². The molecule has 0 saturated heterocycles. The van der Waals surface area contributed by atoms with E-state index >= 15 is 0 Å². The molecule has 0 N–H and O–H groups in total. The van der Waals surface area contributed by atoms with Crippen LogP contribution in [0.3, 0.4) is 0 Å². The van der Waals surface area contributed by atoms with Gasteiger partial charge in [0, 0.05) is 16.8 Å². The van der Waals surface area contributed by atoms with Gasteiger partial charge in [-0.2, -0.15) is 0 Å². The van der Waals surface area contributed by atoms with E-state index in [9.17, 15) is 0 Å². The highest BCUT2D eigenvalue weighted by molar-refractivity contribution is 6.06. The van der Waals surface area contributed by atoms with Gasteiger partial charge in [-0.25, -0.2) is 0 Å². The molecular weight excluding hydrogens is 843 g/mol. The Morgan fingerprint density at radius 1 is 0.357 bits per heavy atom. The second kappa shape index (κ2) is 17.7. The molecule has 0 aliphatic heterocycles. The number of fused-ring (bicyclic) bond motifs is 5. The van der Waals surface area contributed by atoms with Crippen molar-refractivity contribution < 1.29 is 0 Å². The van der Waals surface area contributed by atoms with Crippen LogP contribution in [0.15, 0.2) is 255 Å². The van der Waals surface area contributed by atoms with Crippen molar-refractivity contribution in [2.24, 2.45) is 0 Å². The minimum Gasteiger partial charge on any atom is -0.309 e. The highest BCUT2D eigenvalue weighted by Gasteiger charge is 2.47. The quantitative estimate of drug-likeness (QED) is 0.140. The third-order valence-corrected chi connectivity index (χ3v) is 15.5. The van der Waals surface area contributed by atoms with E-state index in [2.05, 4.69) is 260 Å². The van der Waals surface area contributed by atoms with Crippen molar-refractivity contribution in [3.8, 4) is 44.5 Å². The van der Waals surface area contributed by atoms with Crippen LogP contribution in [0.25, 0.3) is 66.1 Å². The summed E-state index contributed by atoms with van der Waals surface area (Å²) in [4.78, 5) is 2.56. The van der Waals surface area contributed by atoms with Crippen LogP contribution in [0.1, 0.15) is 65.8 Å². The molecule has 2 aliphatic carbocycles. The van der Waals surface area contributed by atoms with Crippen LogP contribution in [0, 0.1) is 0 Å². The second-order valence-corrected chi connectivity index (χ2v) is 19.3. The van der Waals surface area contributed by atoms with Gasteiger partial charge in [-0.1, -0.05) is 250 Å². The molecular formula is C69H53N. The monoisotopic (exact) mass is 895 g/mol. The first kappa shape index (κ1) is 41.9. The maximum atomic E-state index is 2.56. The van der Waals surface area contributed by atoms with E-state index in [-0.39, 0.29) is 0 Å². The molecule has 13 rings (SSSR count). The zero-order valence-corrected chi connectivity index (χ0v) is 39.3. The standard InChI is InChI=1S/C69H53N/c1-4-23-49(24-5-1)57-40-20-27-50-28-21-41-60(67(50)57)58-36-13-16-45-65(58)70(54-34-18-29-51(47-54)56-39-19-26-48-25-10-11-35-55(48)56)66-46-17-14-37-59(66)61-42-22-44-64-68(61)62-38-12-15-43-63(62)69(64,52-30-6-2-7-31-52)53-32-8-3-9-33-53/h2-3,6-22,25-47,49H,1,4-5,23-24H2. The van der Waals surface area contributed by atoms with Crippen molar-refractivity contribution >= 4 is 38.6 Å². The average molecular weight is 896 g/mol. The Hall–Kier alpha value is -8.26. The molecule has 0 atom stereocenters. The summed E-state index contributed by atoms with van der Waals surface area (Å²) in [5, 5.41) is 5.18. The molecule has 0 heterocycles. The van der Waals surface area contributed by atoms with Crippen LogP contribution in [0.5, 0.6) is 0 Å². The number of hydrogen-bond acceptors (Lipinski definition) is 1. The van der Waals surface area contributed by atoms with E-state index in [1.54, 1.807) is 0 Å². The maximum Gasteiger partial charge on any atom is 0.0713 e. The third kappa shape index (κ3) is 6.83. The van der Waals surface area contributed by atoms with Crippen molar-refractivity contribution in [1.29, 1.82) is 0 Å². The van der Waals surface area contributed by atoms with Crippen LogP contribution in [-0.4, -0.2) is 0 Å². The molecule has 0 radical (unpaired) electrons. The summed E-state index contributed by atoms with van der Waals surface area (Å²) < 4.78 is 0. The van der Waals surface area contributed by atoms with Crippen LogP contribution >= 0.6 is 0 Å². The van der Waals surface area contributed by atoms with Gasteiger partial charge in [0.05, 0.1) is 16.8 Å². The maximum absolute atomic E-state index is 2.56. The highest BCUT2D eigenvalue weighted by atomic mass is 15.1. The summed E-state index contributed by atoms with van der Waals surface area (Å²) in [5.41, 5.74) is 19.4. The van der Waals surface area contributed by atoms with Crippen molar-refractivity contribution in [2.45, 2.75) is 43.4 Å². The lowest BCUT2D eigenvalue weighted by Gasteiger charge is -2.34. The molecule has 0 aromatic heterocycles. The fourth-order valence-electron chi connectivity index (χ4n) is 12.6. The normalized spacial score (nSPS) is 14.1. The number of benzene rings is 11. The Kier molecular flexibility index (Phi) is 10.6. The Bertz CT molecular complexity index is 3660. The lowest BCUT2D eigenvalue weighted by Crippen LogP contribution is -2.28. The van der Waals surface area contributed by atoms with Gasteiger partial charge in [0.1, 0.15) is 0 Å². The SMILES string of the molecule is c1ccc(C2(c3ccccc3)c3ccccc3-c3c(-c4ccccc4N(c4cccc(-c5cccc6ccccc56)c4)c4ccccc4-c4cccc5cccc(C6CCCCC6)c45)cccc32)cc1. The smallest absolute Gasteiger partial charge is 0.0713 e. The van der Waals surface area contributed by atoms with Crippen LogP contribution < -0.4 is 4.90 Å². The first-order valence-corrected chi connectivity index (χ1v) is 25.2. The summed E-state index contributed by atoms with van der Waals surface area (Å²) in [6, 6.07) is 95.4. The molecule has 1 nitrogen and oxygen atoms in total. The fourth-order valence-corrected chi connectivity index (χ4v) is 12.6. The summed E-state index contributed by atoms with van der Waals surface area (Å²) in [6.45, 7) is 0. The molecule has 11 aromatic carbocycles. The van der Waals surface area contributed by atoms with E-state index in [0.717, 1.165) is 17.1 Å². The predicted molar refractivity (Wildman–Crippen MR) is 296 cm³/mol. The molecule has 0 spiro atoms. The van der Waals surface area contributed by atoms with E-state index in [4.69, 9.17) is 0 Å². The molecule has 11 aromatic rings. The Balaban J connectivity index is 1.08. The Morgan fingerprint density at radius 3 is 1.61 bits per heavy atom. The summed E-state index contributed by atoms with van der Waals surface area (Å²) in [5.74, 6) is 0.557. The zero-order valence-electron chi connectivity index (χ0n) is 39.3. The van der Waals surface area contributed by atoms with Gasteiger partial charge < -0.3 is 4.90 Å². The molecule has 2 aliphatic rings. The minimum atomic E-state index is -0.511. The zero-order chi connectivity index (χ0) is 46.4. The Morgan fingerprint density at radius 2 is 0.871 bits per heavy atom. The number of nitrogens with zero attached hydrogens (tertiary/aromatic N) is 1. The van der Waals surface area contributed by atoms with E-state index in [1.165, 1.54) is 126 Å². The van der Waals surface area contributed by atoms with Gasteiger partial charge in [0.2, 0.25) is 0 Å². The first-order chi connectivity index (χ1) is 34.8. The number of hydrogen-bond donors (Lipinski definition) is 0. The number of para-hydroxylation sites is 2. The lowest BCUT2D eigenvalue weighted by molar-refractivity contribution is 0.445. The van der Waals surface area contributed by atoms with Gasteiger partial charge in [0.25, 0.3) is 0 Å². The molecule has 0 bridgehead atoms. The van der Waals surface area contributed by atoms with Gasteiger partial charge in [-0.15, -0.1) is 0 Å². The van der Waals surface area contributed by atoms with E-state index in [0.29, 0.717) is 5.92 Å². The fraction of sp³-hybridized carbons (Fsp3) is 0.101. The number of anilines is 3. The largest absolute Gasteiger partial charge is 0.309 e. The second-order valence-electron chi connectivity index (χ2n) is 19.3. The molecule has 0 unspecified atom stereocenters. The predicted octanol–water partition coefficient (Wildman–Crippen LogP) is 18.9. The number of rotatable bonds is 9. The van der Waals surface area contributed by atoms with Crippen molar-refractivity contribution in [3.05, 3.63) is 283 Å². The molecule has 1 saturated carbocycles. The van der Waals surface area contributed by atoms with E-state index < -0.39 is 5.41 Å². The molecule has 1 fully saturated rings. The summed E-state index contributed by atoms with van der Waals surface area (Å²) in [7, 11) is 0. The summed E-state index contributed by atoms with van der Waals surface area (Å²) >= 11 is 0. The molecule has 334 valence electrons. The van der Waals surface area contributed by atoms with Crippen LogP contribution in [0.4, 0.5) is 17.1 Å². The average Bonchev–Trinajstić information content (AvgIpc) is 3.75. The lowest BCUT2D eigenvalue weighted by atomic mass is 9.67. The van der Waals surface area contributed by atoms with Gasteiger partial charge in [-0.05, 0) is 126 Å². The topological polar surface area (TPSA) is 3.24 Å². The van der Waals surface area contributed by atoms with Gasteiger partial charge >= 0.3 is 0 Å². The molecule has 70 heavy (non-hydrogen) atoms. The minimum absolute atomic E-state index is 0.511. The molecule has 0 amide bonds. The van der Waals surface area contributed by atoms with Crippen molar-refractivity contribution in [2.75, 3.05) is 4.90 Å². The van der Waals surface area contributed by atoms with Crippen LogP contribution in [-0.2, 0) is 5.41 Å². The summed E-state index contributed by atoms with van der Waals surface area (Å²) in [6.07, 6.45) is 6.41. The molecule has 1 heteroatoms. The third-order valence-electron chi connectivity index (χ3n) is 15.5. The van der Waals surface area contributed by atoms with Crippen molar-refractivity contribution in [3.63, 3.8) is 0 Å². The highest BCUT2D eigenvalue weighted by Crippen LogP contribution is 2.59. The van der Waals surface area contributed by atoms with Crippen LogP contribution in [0.2, 0.25) is 0 Å².